The zero-order valence-electron chi connectivity index (χ0n) is 18.9. The van der Waals surface area contributed by atoms with Crippen LogP contribution in [-0.4, -0.2) is 62.5 Å². The van der Waals surface area contributed by atoms with Gasteiger partial charge in [0.25, 0.3) is 0 Å². The predicted molar refractivity (Wildman–Crippen MR) is 135 cm³/mol. The third-order valence-electron chi connectivity index (χ3n) is 6.03. The third kappa shape index (κ3) is 8.00. The van der Waals surface area contributed by atoms with Gasteiger partial charge in [-0.1, -0.05) is 36.8 Å². The molecule has 2 atom stereocenters. The lowest BCUT2D eigenvalue weighted by Gasteiger charge is -2.35. The van der Waals surface area contributed by atoms with Crippen molar-refractivity contribution in [2.24, 2.45) is 4.99 Å². The summed E-state index contributed by atoms with van der Waals surface area (Å²) in [6.07, 6.45) is 6.40. The Kier molecular flexibility index (Phi) is 11.5. The topological polar surface area (TPSA) is 46.1 Å². The molecular formula is C24H40IN3O2. The third-order valence-corrected chi connectivity index (χ3v) is 6.03. The average Bonchev–Trinajstić information content (AvgIpc) is 2.76. The van der Waals surface area contributed by atoms with Gasteiger partial charge in [-0.3, -0.25) is 4.99 Å². The van der Waals surface area contributed by atoms with Crippen molar-refractivity contribution >= 4 is 29.9 Å². The Balaban J connectivity index is 0.00000320. The molecule has 6 heteroatoms. The van der Waals surface area contributed by atoms with E-state index in [1.54, 1.807) is 0 Å². The number of aliphatic imine (C=N–C) groups is 1. The normalized spacial score (nSPS) is 21.8. The van der Waals surface area contributed by atoms with Gasteiger partial charge in [-0.05, 0) is 51.5 Å². The number of piperidine rings is 1. The Morgan fingerprint density at radius 1 is 1.20 bits per heavy atom. The lowest BCUT2D eigenvalue weighted by Crippen LogP contribution is -2.47. The quantitative estimate of drug-likeness (QED) is 0.315. The van der Waals surface area contributed by atoms with Crippen molar-refractivity contribution in [1.29, 1.82) is 0 Å². The molecule has 1 N–H and O–H groups in total. The van der Waals surface area contributed by atoms with Crippen LogP contribution in [-0.2, 0) is 9.47 Å². The highest BCUT2D eigenvalue weighted by molar-refractivity contribution is 14.0. The molecule has 2 heterocycles. The van der Waals surface area contributed by atoms with E-state index in [2.05, 4.69) is 55.3 Å². The molecule has 2 aliphatic rings. The molecular weight excluding hydrogens is 489 g/mol. The summed E-state index contributed by atoms with van der Waals surface area (Å²) in [5.41, 5.74) is 2.66. The van der Waals surface area contributed by atoms with Gasteiger partial charge in [-0.15, -0.1) is 24.0 Å². The fourth-order valence-corrected chi connectivity index (χ4v) is 4.07. The molecule has 0 spiro atoms. The van der Waals surface area contributed by atoms with Crippen LogP contribution in [0, 0.1) is 6.92 Å². The van der Waals surface area contributed by atoms with Crippen LogP contribution in [0.5, 0.6) is 0 Å². The highest BCUT2D eigenvalue weighted by Crippen LogP contribution is 2.19. The summed E-state index contributed by atoms with van der Waals surface area (Å²) in [5, 5.41) is 3.48. The number of likely N-dealkylation sites (tertiary alicyclic amines) is 1. The first-order valence-corrected chi connectivity index (χ1v) is 11.5. The number of guanidine groups is 1. The van der Waals surface area contributed by atoms with Crippen molar-refractivity contribution in [2.45, 2.75) is 71.0 Å². The van der Waals surface area contributed by atoms with Gasteiger partial charge < -0.3 is 19.7 Å². The number of hydrogen-bond acceptors (Lipinski definition) is 3. The maximum atomic E-state index is 6.16. The summed E-state index contributed by atoms with van der Waals surface area (Å²) in [6, 6.07) is 8.82. The minimum absolute atomic E-state index is 0. The fraction of sp³-hybridized carbons (Fsp3) is 0.708. The summed E-state index contributed by atoms with van der Waals surface area (Å²) in [5.74, 6) is 1.46. The maximum Gasteiger partial charge on any atom is 0.193 e. The molecule has 0 aromatic heterocycles. The maximum absolute atomic E-state index is 6.16. The molecule has 3 rings (SSSR count). The summed E-state index contributed by atoms with van der Waals surface area (Å²) < 4.78 is 12.0. The van der Waals surface area contributed by atoms with Gasteiger partial charge in [-0.2, -0.15) is 0 Å². The van der Waals surface area contributed by atoms with Crippen LogP contribution in [0.3, 0.4) is 0 Å². The van der Waals surface area contributed by atoms with E-state index in [1.807, 2.05) is 0 Å². The molecule has 2 fully saturated rings. The Morgan fingerprint density at radius 3 is 2.57 bits per heavy atom. The van der Waals surface area contributed by atoms with Gasteiger partial charge in [0.2, 0.25) is 0 Å². The minimum atomic E-state index is 0. The molecule has 2 saturated heterocycles. The molecule has 0 bridgehead atoms. The van der Waals surface area contributed by atoms with Crippen molar-refractivity contribution in [3.63, 3.8) is 0 Å². The van der Waals surface area contributed by atoms with Crippen molar-refractivity contribution in [1.82, 2.24) is 10.2 Å². The number of benzene rings is 1. The molecule has 30 heavy (non-hydrogen) atoms. The second kappa shape index (κ2) is 13.5. The second-order valence-corrected chi connectivity index (χ2v) is 8.51. The summed E-state index contributed by atoms with van der Waals surface area (Å²) in [7, 11) is 0. The van der Waals surface area contributed by atoms with Crippen LogP contribution < -0.4 is 5.32 Å². The lowest BCUT2D eigenvalue weighted by molar-refractivity contribution is -0.0721. The van der Waals surface area contributed by atoms with E-state index < -0.39 is 0 Å². The van der Waals surface area contributed by atoms with Gasteiger partial charge in [0.05, 0.1) is 18.8 Å². The number of hydrogen-bond donors (Lipinski definition) is 1. The van der Waals surface area contributed by atoms with Crippen LogP contribution in [0.4, 0.5) is 0 Å². The summed E-state index contributed by atoms with van der Waals surface area (Å²) in [6.45, 7) is 11.9. The molecule has 5 nitrogen and oxygen atoms in total. The smallest absolute Gasteiger partial charge is 0.193 e. The molecule has 1 aromatic carbocycles. The zero-order valence-corrected chi connectivity index (χ0v) is 21.3. The van der Waals surface area contributed by atoms with E-state index in [0.717, 1.165) is 64.6 Å². The Morgan fingerprint density at radius 2 is 1.93 bits per heavy atom. The SMILES string of the molecule is CCNC(=NCC(C)c1ccc(C)cc1)N1CCC(OCC2CCCCO2)CC1.I. The van der Waals surface area contributed by atoms with E-state index in [1.165, 1.54) is 24.0 Å². The molecule has 0 saturated carbocycles. The molecule has 1 aromatic rings. The standard InChI is InChI=1S/C24H39N3O2.HI/c1-4-25-24(26-17-20(3)21-10-8-19(2)9-11-21)27-14-12-22(13-15-27)29-18-23-7-5-6-16-28-23;/h8-11,20,22-23H,4-7,12-18H2,1-3H3,(H,25,26);1H. The van der Waals surface area contributed by atoms with Gasteiger partial charge >= 0.3 is 0 Å². The molecule has 0 aliphatic carbocycles. The fourth-order valence-electron chi connectivity index (χ4n) is 4.07. The van der Waals surface area contributed by atoms with Crippen LogP contribution >= 0.6 is 24.0 Å². The largest absolute Gasteiger partial charge is 0.376 e. The number of halogens is 1. The number of nitrogens with zero attached hydrogens (tertiary/aromatic N) is 2. The van der Waals surface area contributed by atoms with Crippen molar-refractivity contribution < 1.29 is 9.47 Å². The number of aryl methyl sites for hydroxylation is 1. The predicted octanol–water partition coefficient (Wildman–Crippen LogP) is 4.73. The Bertz CT molecular complexity index is 624. The van der Waals surface area contributed by atoms with Gasteiger partial charge in [0.1, 0.15) is 0 Å². The minimum Gasteiger partial charge on any atom is -0.376 e. The van der Waals surface area contributed by atoms with Gasteiger partial charge in [-0.25, -0.2) is 0 Å². The van der Waals surface area contributed by atoms with Gasteiger partial charge in [0, 0.05) is 38.7 Å². The Labute approximate surface area is 200 Å². The summed E-state index contributed by atoms with van der Waals surface area (Å²) >= 11 is 0. The van der Waals surface area contributed by atoms with E-state index in [0.29, 0.717) is 18.1 Å². The number of ether oxygens (including phenoxy) is 2. The van der Waals surface area contributed by atoms with E-state index >= 15 is 0 Å². The van der Waals surface area contributed by atoms with Crippen LogP contribution in [0.2, 0.25) is 0 Å². The lowest BCUT2D eigenvalue weighted by atomic mass is 10.0. The molecule has 0 radical (unpaired) electrons. The van der Waals surface area contributed by atoms with Crippen LogP contribution in [0.1, 0.15) is 63.0 Å². The molecule has 2 unspecified atom stereocenters. The van der Waals surface area contributed by atoms with Crippen molar-refractivity contribution in [3.8, 4) is 0 Å². The average molecular weight is 530 g/mol. The molecule has 2 aliphatic heterocycles. The van der Waals surface area contributed by atoms with Gasteiger partial charge in [0.15, 0.2) is 5.96 Å². The first-order valence-electron chi connectivity index (χ1n) is 11.5. The highest BCUT2D eigenvalue weighted by Gasteiger charge is 2.24. The van der Waals surface area contributed by atoms with E-state index in [9.17, 15) is 0 Å². The van der Waals surface area contributed by atoms with Crippen LogP contribution in [0.25, 0.3) is 0 Å². The first-order chi connectivity index (χ1) is 14.2. The van der Waals surface area contributed by atoms with Crippen molar-refractivity contribution in [3.05, 3.63) is 35.4 Å². The molecule has 170 valence electrons. The van der Waals surface area contributed by atoms with E-state index in [4.69, 9.17) is 14.5 Å². The number of nitrogens with one attached hydrogen (secondary N) is 1. The van der Waals surface area contributed by atoms with E-state index in [-0.39, 0.29) is 24.0 Å². The number of rotatable bonds is 7. The second-order valence-electron chi connectivity index (χ2n) is 8.51. The zero-order chi connectivity index (χ0) is 20.5. The highest BCUT2D eigenvalue weighted by atomic mass is 127. The first kappa shape index (κ1) is 25.4. The Hall–Kier alpha value is -0.860. The monoisotopic (exact) mass is 529 g/mol. The molecule has 0 amide bonds. The van der Waals surface area contributed by atoms with Crippen molar-refractivity contribution in [2.75, 3.05) is 39.4 Å². The summed E-state index contributed by atoms with van der Waals surface area (Å²) in [4.78, 5) is 7.34. The van der Waals surface area contributed by atoms with Crippen LogP contribution in [0.15, 0.2) is 29.3 Å².